The smallest absolute Gasteiger partial charge is 0.347 e. The predicted octanol–water partition coefficient (Wildman–Crippen LogP) is 2.58. The molecule has 0 aliphatic carbocycles. The third-order valence-corrected chi connectivity index (χ3v) is 2.28. The van der Waals surface area contributed by atoms with Crippen molar-refractivity contribution in [1.82, 2.24) is 0 Å². The van der Waals surface area contributed by atoms with E-state index in [9.17, 15) is 14.9 Å². The molecule has 1 rings (SSSR count). The topological polar surface area (TPSA) is 78.7 Å². The molecule has 1 atom stereocenters. The summed E-state index contributed by atoms with van der Waals surface area (Å²) in [5, 5.41) is 11.1. The van der Waals surface area contributed by atoms with Gasteiger partial charge in [0.05, 0.1) is 11.5 Å². The van der Waals surface area contributed by atoms with Crippen molar-refractivity contribution in [2.45, 2.75) is 20.0 Å². The van der Waals surface area contributed by atoms with Crippen LogP contribution < -0.4 is 4.74 Å². The van der Waals surface area contributed by atoms with E-state index in [2.05, 4.69) is 0 Å². The summed E-state index contributed by atoms with van der Waals surface area (Å²) in [6, 6.07) is 3.88. The Labute approximate surface area is 109 Å². The largest absolute Gasteiger partial charge is 0.472 e. The first-order chi connectivity index (χ1) is 8.45. The van der Waals surface area contributed by atoms with Gasteiger partial charge in [0.2, 0.25) is 0 Å². The van der Waals surface area contributed by atoms with Crippen molar-refractivity contribution >= 4 is 23.3 Å². The zero-order valence-electron chi connectivity index (χ0n) is 9.88. The number of carbonyl (C=O) groups is 1. The third kappa shape index (κ3) is 3.59. The molecule has 0 spiro atoms. The maximum Gasteiger partial charge on any atom is 0.347 e. The number of nitrogens with zero attached hydrogens (tertiary/aromatic N) is 1. The van der Waals surface area contributed by atoms with Crippen LogP contribution in [-0.4, -0.2) is 23.6 Å². The Morgan fingerprint density at radius 2 is 2.22 bits per heavy atom. The predicted molar refractivity (Wildman–Crippen MR) is 64.8 cm³/mol. The minimum absolute atomic E-state index is 0.0620. The van der Waals surface area contributed by atoms with Crippen molar-refractivity contribution in [1.29, 1.82) is 0 Å². The highest BCUT2D eigenvalue weighted by molar-refractivity contribution is 6.30. The summed E-state index contributed by atoms with van der Waals surface area (Å²) in [7, 11) is 0. The molecule has 0 aromatic heterocycles. The van der Waals surface area contributed by atoms with Gasteiger partial charge >= 0.3 is 11.7 Å². The Kier molecular flexibility index (Phi) is 4.91. The molecule has 7 heteroatoms. The SMILES string of the molecule is CCOC(=O)C(C)Oc1cc(Cl)ccc1[N+](=O)[O-]. The van der Waals surface area contributed by atoms with Gasteiger partial charge in [0.25, 0.3) is 0 Å². The highest BCUT2D eigenvalue weighted by Crippen LogP contribution is 2.30. The second-order valence-electron chi connectivity index (χ2n) is 3.38. The Morgan fingerprint density at radius 3 is 2.78 bits per heavy atom. The van der Waals surface area contributed by atoms with E-state index in [1.165, 1.54) is 25.1 Å². The number of nitro groups is 1. The molecule has 0 heterocycles. The summed E-state index contributed by atoms with van der Waals surface area (Å²) in [6.07, 6.45) is -0.942. The van der Waals surface area contributed by atoms with Gasteiger partial charge in [-0.1, -0.05) is 11.6 Å². The van der Waals surface area contributed by atoms with Gasteiger partial charge in [-0.2, -0.15) is 0 Å². The Balaban J connectivity index is 2.92. The van der Waals surface area contributed by atoms with E-state index in [0.717, 1.165) is 0 Å². The molecule has 0 aliphatic rings. The number of hydrogen-bond acceptors (Lipinski definition) is 5. The van der Waals surface area contributed by atoms with Crippen LogP contribution in [-0.2, 0) is 9.53 Å². The number of hydrogen-bond donors (Lipinski definition) is 0. The zero-order chi connectivity index (χ0) is 13.7. The Hall–Kier alpha value is -1.82. The molecule has 0 N–H and O–H groups in total. The van der Waals surface area contributed by atoms with Crippen LogP contribution in [0.2, 0.25) is 5.02 Å². The van der Waals surface area contributed by atoms with E-state index < -0.39 is 17.0 Å². The standard InChI is InChI=1S/C11H12ClNO5/c1-3-17-11(14)7(2)18-10-6-8(12)4-5-9(10)13(15)16/h4-7H,3H2,1-2H3. The highest BCUT2D eigenvalue weighted by atomic mass is 35.5. The van der Waals surface area contributed by atoms with Gasteiger partial charge in [0.1, 0.15) is 0 Å². The highest BCUT2D eigenvalue weighted by Gasteiger charge is 2.22. The molecule has 0 aliphatic heterocycles. The maximum absolute atomic E-state index is 11.4. The molecule has 0 saturated carbocycles. The van der Waals surface area contributed by atoms with Gasteiger partial charge in [-0.05, 0) is 19.9 Å². The van der Waals surface area contributed by atoms with E-state index in [-0.39, 0.29) is 23.1 Å². The number of nitro benzene ring substituents is 1. The fourth-order valence-electron chi connectivity index (χ4n) is 1.23. The summed E-state index contributed by atoms with van der Waals surface area (Å²) in [6.45, 7) is 3.32. The number of esters is 1. The molecule has 0 fully saturated rings. The van der Waals surface area contributed by atoms with E-state index in [1.54, 1.807) is 6.92 Å². The lowest BCUT2D eigenvalue weighted by Crippen LogP contribution is -2.26. The summed E-state index contributed by atoms with van der Waals surface area (Å²) in [4.78, 5) is 21.5. The third-order valence-electron chi connectivity index (χ3n) is 2.04. The molecule has 1 unspecified atom stereocenters. The van der Waals surface area contributed by atoms with E-state index in [4.69, 9.17) is 21.1 Å². The number of halogens is 1. The fraction of sp³-hybridized carbons (Fsp3) is 0.364. The average Bonchev–Trinajstić information content (AvgIpc) is 2.28. The van der Waals surface area contributed by atoms with Crippen LogP contribution in [0.25, 0.3) is 0 Å². The molecule has 98 valence electrons. The minimum atomic E-state index is -0.942. The van der Waals surface area contributed by atoms with E-state index in [0.29, 0.717) is 0 Å². The van der Waals surface area contributed by atoms with Crippen molar-refractivity contribution in [3.63, 3.8) is 0 Å². The van der Waals surface area contributed by atoms with Crippen LogP contribution in [0.15, 0.2) is 18.2 Å². The lowest BCUT2D eigenvalue weighted by molar-refractivity contribution is -0.386. The summed E-state index contributed by atoms with van der Waals surface area (Å²) >= 11 is 5.73. The van der Waals surface area contributed by atoms with Gasteiger partial charge in [-0.15, -0.1) is 0 Å². The Bertz CT molecular complexity index is 463. The zero-order valence-corrected chi connectivity index (χ0v) is 10.6. The Morgan fingerprint density at radius 1 is 1.56 bits per heavy atom. The molecule has 1 aromatic carbocycles. The molecule has 6 nitrogen and oxygen atoms in total. The van der Waals surface area contributed by atoms with Gasteiger partial charge in [0, 0.05) is 17.2 Å². The van der Waals surface area contributed by atoms with E-state index in [1.807, 2.05) is 0 Å². The normalized spacial score (nSPS) is 11.7. The minimum Gasteiger partial charge on any atom is -0.472 e. The van der Waals surface area contributed by atoms with Gasteiger partial charge in [-0.3, -0.25) is 10.1 Å². The average molecular weight is 274 g/mol. The van der Waals surface area contributed by atoms with Gasteiger partial charge < -0.3 is 9.47 Å². The van der Waals surface area contributed by atoms with Crippen LogP contribution in [0.5, 0.6) is 5.75 Å². The quantitative estimate of drug-likeness (QED) is 0.468. The second-order valence-corrected chi connectivity index (χ2v) is 3.82. The first-order valence-corrected chi connectivity index (χ1v) is 5.60. The number of benzene rings is 1. The number of carbonyl (C=O) groups excluding carboxylic acids is 1. The molecular weight excluding hydrogens is 262 g/mol. The van der Waals surface area contributed by atoms with E-state index >= 15 is 0 Å². The number of rotatable bonds is 5. The maximum atomic E-state index is 11.4. The lowest BCUT2D eigenvalue weighted by atomic mass is 10.3. The first kappa shape index (κ1) is 14.2. The lowest BCUT2D eigenvalue weighted by Gasteiger charge is -2.13. The van der Waals surface area contributed by atoms with Gasteiger partial charge in [0.15, 0.2) is 11.9 Å². The molecule has 0 saturated heterocycles. The molecular formula is C11H12ClNO5. The summed E-state index contributed by atoms with van der Waals surface area (Å²) in [5.74, 6) is -0.653. The van der Waals surface area contributed by atoms with Crippen LogP contribution in [0.1, 0.15) is 13.8 Å². The summed E-state index contributed by atoms with van der Waals surface area (Å²) < 4.78 is 9.94. The molecule has 0 radical (unpaired) electrons. The van der Waals surface area contributed by atoms with Crippen molar-refractivity contribution in [3.8, 4) is 5.75 Å². The molecule has 0 amide bonds. The van der Waals surface area contributed by atoms with Crippen molar-refractivity contribution in [2.75, 3.05) is 6.61 Å². The van der Waals surface area contributed by atoms with Crippen molar-refractivity contribution < 1.29 is 19.2 Å². The molecule has 18 heavy (non-hydrogen) atoms. The number of ether oxygens (including phenoxy) is 2. The van der Waals surface area contributed by atoms with Crippen LogP contribution in [0.4, 0.5) is 5.69 Å². The fourth-order valence-corrected chi connectivity index (χ4v) is 1.39. The van der Waals surface area contributed by atoms with Crippen molar-refractivity contribution in [2.24, 2.45) is 0 Å². The molecule has 1 aromatic rings. The van der Waals surface area contributed by atoms with Crippen LogP contribution >= 0.6 is 11.6 Å². The van der Waals surface area contributed by atoms with Crippen LogP contribution in [0, 0.1) is 10.1 Å². The van der Waals surface area contributed by atoms with Gasteiger partial charge in [-0.25, -0.2) is 4.79 Å². The van der Waals surface area contributed by atoms with Crippen LogP contribution in [0.3, 0.4) is 0 Å². The monoisotopic (exact) mass is 273 g/mol. The first-order valence-electron chi connectivity index (χ1n) is 5.23. The summed E-state index contributed by atoms with van der Waals surface area (Å²) in [5.41, 5.74) is -0.254. The molecule has 0 bridgehead atoms. The second kappa shape index (κ2) is 6.20. The van der Waals surface area contributed by atoms with Crippen molar-refractivity contribution in [3.05, 3.63) is 33.3 Å².